The second kappa shape index (κ2) is 8.54. The van der Waals surface area contributed by atoms with Crippen molar-refractivity contribution in [2.45, 2.75) is 6.42 Å². The van der Waals surface area contributed by atoms with Crippen LogP contribution in [-0.2, 0) is 16.3 Å². The third-order valence-electron chi connectivity index (χ3n) is 4.14. The van der Waals surface area contributed by atoms with Gasteiger partial charge in [-0.1, -0.05) is 29.8 Å². The van der Waals surface area contributed by atoms with E-state index in [2.05, 4.69) is 10.3 Å². The van der Waals surface area contributed by atoms with Crippen LogP contribution in [0.2, 0.25) is 5.02 Å². The maximum Gasteiger partial charge on any atom is 0.255 e. The molecule has 0 bridgehead atoms. The number of aryl methyl sites for hydroxylation is 1. The van der Waals surface area contributed by atoms with Crippen molar-refractivity contribution in [2.75, 3.05) is 17.3 Å². The van der Waals surface area contributed by atoms with Crippen molar-refractivity contribution < 1.29 is 13.2 Å². The Kier molecular flexibility index (Phi) is 6.11. The molecule has 144 valence electrons. The number of benzene rings is 2. The van der Waals surface area contributed by atoms with Crippen LogP contribution in [-0.4, -0.2) is 31.3 Å². The average Bonchev–Trinajstić information content (AvgIpc) is 2.68. The highest BCUT2D eigenvalue weighted by atomic mass is 35.5. The van der Waals surface area contributed by atoms with Crippen molar-refractivity contribution in [3.63, 3.8) is 0 Å². The lowest BCUT2D eigenvalue weighted by atomic mass is 10.1. The smallest absolute Gasteiger partial charge is 0.255 e. The molecule has 0 aliphatic heterocycles. The van der Waals surface area contributed by atoms with E-state index < -0.39 is 9.84 Å². The second-order valence-electron chi connectivity index (χ2n) is 6.44. The standard InChI is InChI=1S/C21H19ClN2O3S/c1-28(26,27)13-11-15-5-7-16(8-6-15)21(25)24-17-9-10-19(22)18(14-17)20-4-2-3-12-23-20/h2-10,12,14H,11,13H2,1H3,(H,24,25). The van der Waals surface area contributed by atoms with E-state index in [1.807, 2.05) is 18.2 Å². The zero-order valence-corrected chi connectivity index (χ0v) is 16.8. The molecule has 0 radical (unpaired) electrons. The van der Waals surface area contributed by atoms with Crippen molar-refractivity contribution in [3.8, 4) is 11.3 Å². The van der Waals surface area contributed by atoms with Gasteiger partial charge in [0.1, 0.15) is 9.84 Å². The molecule has 2 aromatic carbocycles. The van der Waals surface area contributed by atoms with Gasteiger partial charge in [0.2, 0.25) is 0 Å². The van der Waals surface area contributed by atoms with Crippen molar-refractivity contribution in [3.05, 3.63) is 83.0 Å². The molecule has 28 heavy (non-hydrogen) atoms. The lowest BCUT2D eigenvalue weighted by molar-refractivity contribution is 0.102. The van der Waals surface area contributed by atoms with Crippen LogP contribution in [0.15, 0.2) is 66.9 Å². The Labute approximate surface area is 169 Å². The molecule has 0 saturated carbocycles. The number of anilines is 1. The molecule has 0 unspecified atom stereocenters. The van der Waals surface area contributed by atoms with Crippen molar-refractivity contribution >= 4 is 33.0 Å². The number of carbonyl (C=O) groups excluding carboxylic acids is 1. The maximum absolute atomic E-state index is 12.5. The number of nitrogens with zero attached hydrogens (tertiary/aromatic N) is 1. The van der Waals surface area contributed by atoms with Crippen LogP contribution in [0.3, 0.4) is 0 Å². The van der Waals surface area contributed by atoms with E-state index in [0.717, 1.165) is 16.8 Å². The quantitative estimate of drug-likeness (QED) is 0.654. The Hall–Kier alpha value is -2.70. The molecule has 7 heteroatoms. The van der Waals surface area contributed by atoms with Gasteiger partial charge in [0.25, 0.3) is 5.91 Å². The lowest BCUT2D eigenvalue weighted by Crippen LogP contribution is -2.12. The summed E-state index contributed by atoms with van der Waals surface area (Å²) in [6.07, 6.45) is 3.31. The Balaban J connectivity index is 1.73. The van der Waals surface area contributed by atoms with Crippen molar-refractivity contribution in [1.82, 2.24) is 4.98 Å². The minimum atomic E-state index is -3.02. The Morgan fingerprint density at radius 3 is 2.46 bits per heavy atom. The number of hydrogen-bond donors (Lipinski definition) is 1. The molecular formula is C21H19ClN2O3S. The first kappa shape index (κ1) is 20.0. The Bertz CT molecular complexity index is 1080. The number of pyridine rings is 1. The summed E-state index contributed by atoms with van der Waals surface area (Å²) in [4.78, 5) is 16.8. The van der Waals surface area contributed by atoms with E-state index in [9.17, 15) is 13.2 Å². The number of carbonyl (C=O) groups is 1. The summed E-state index contributed by atoms with van der Waals surface area (Å²) in [6.45, 7) is 0. The van der Waals surface area contributed by atoms with Crippen LogP contribution in [0.4, 0.5) is 5.69 Å². The predicted octanol–water partition coefficient (Wildman–Crippen LogP) is 4.24. The minimum Gasteiger partial charge on any atom is -0.322 e. The highest BCUT2D eigenvalue weighted by molar-refractivity contribution is 7.90. The SMILES string of the molecule is CS(=O)(=O)CCc1ccc(C(=O)Nc2ccc(Cl)c(-c3ccccn3)c2)cc1. The third kappa shape index (κ3) is 5.41. The van der Waals surface area contributed by atoms with E-state index in [0.29, 0.717) is 22.7 Å². The fourth-order valence-corrected chi connectivity index (χ4v) is 3.47. The van der Waals surface area contributed by atoms with E-state index in [-0.39, 0.29) is 11.7 Å². The van der Waals surface area contributed by atoms with Gasteiger partial charge in [-0.05, 0) is 54.4 Å². The van der Waals surface area contributed by atoms with Gasteiger partial charge in [-0.2, -0.15) is 0 Å². The van der Waals surface area contributed by atoms with Crippen LogP contribution in [0.25, 0.3) is 11.3 Å². The summed E-state index contributed by atoms with van der Waals surface area (Å²) >= 11 is 6.27. The van der Waals surface area contributed by atoms with Crippen molar-refractivity contribution in [2.24, 2.45) is 0 Å². The maximum atomic E-state index is 12.5. The molecule has 0 fully saturated rings. The summed E-state index contributed by atoms with van der Waals surface area (Å²) in [7, 11) is -3.02. The first-order chi connectivity index (χ1) is 13.3. The molecule has 0 spiro atoms. The first-order valence-electron chi connectivity index (χ1n) is 8.61. The normalized spacial score (nSPS) is 11.2. The molecule has 0 atom stereocenters. The number of hydrogen-bond acceptors (Lipinski definition) is 4. The summed E-state index contributed by atoms with van der Waals surface area (Å²) in [6, 6.07) is 17.7. The molecule has 0 saturated heterocycles. The molecule has 1 N–H and O–H groups in total. The fourth-order valence-electron chi connectivity index (χ4n) is 2.65. The third-order valence-corrected chi connectivity index (χ3v) is 5.42. The first-order valence-corrected chi connectivity index (χ1v) is 11.0. The van der Waals surface area contributed by atoms with Crippen LogP contribution >= 0.6 is 11.6 Å². The van der Waals surface area contributed by atoms with E-state index in [1.54, 1.807) is 48.7 Å². The van der Waals surface area contributed by atoms with Crippen LogP contribution in [0.5, 0.6) is 0 Å². The Morgan fingerprint density at radius 1 is 1.07 bits per heavy atom. The zero-order valence-electron chi connectivity index (χ0n) is 15.2. The second-order valence-corrected chi connectivity index (χ2v) is 9.11. The number of nitrogens with one attached hydrogen (secondary N) is 1. The largest absolute Gasteiger partial charge is 0.322 e. The number of halogens is 1. The summed E-state index contributed by atoms with van der Waals surface area (Å²) < 4.78 is 22.5. The van der Waals surface area contributed by atoms with Gasteiger partial charge in [-0.25, -0.2) is 8.42 Å². The van der Waals surface area contributed by atoms with Gasteiger partial charge < -0.3 is 5.32 Å². The molecule has 1 aromatic heterocycles. The van der Waals surface area contributed by atoms with Gasteiger partial charge in [-0.15, -0.1) is 0 Å². The van der Waals surface area contributed by atoms with Gasteiger partial charge in [0.15, 0.2) is 0 Å². The Morgan fingerprint density at radius 2 is 1.82 bits per heavy atom. The zero-order chi connectivity index (χ0) is 20.1. The summed E-state index contributed by atoms with van der Waals surface area (Å²) in [5, 5.41) is 3.40. The predicted molar refractivity (Wildman–Crippen MR) is 112 cm³/mol. The minimum absolute atomic E-state index is 0.0830. The van der Waals surface area contributed by atoms with E-state index >= 15 is 0 Å². The van der Waals surface area contributed by atoms with Crippen LogP contribution in [0.1, 0.15) is 15.9 Å². The average molecular weight is 415 g/mol. The number of rotatable bonds is 6. The van der Waals surface area contributed by atoms with Crippen LogP contribution < -0.4 is 5.32 Å². The van der Waals surface area contributed by atoms with Crippen LogP contribution in [0, 0.1) is 0 Å². The fraction of sp³-hybridized carbons (Fsp3) is 0.143. The molecule has 3 aromatic rings. The molecule has 1 heterocycles. The molecule has 3 rings (SSSR count). The highest BCUT2D eigenvalue weighted by Gasteiger charge is 2.10. The van der Waals surface area contributed by atoms with Crippen molar-refractivity contribution in [1.29, 1.82) is 0 Å². The van der Waals surface area contributed by atoms with Gasteiger partial charge in [0, 0.05) is 29.3 Å². The summed E-state index contributed by atoms with van der Waals surface area (Å²) in [5.74, 6) is -0.177. The van der Waals surface area contributed by atoms with Gasteiger partial charge in [-0.3, -0.25) is 9.78 Å². The van der Waals surface area contributed by atoms with Gasteiger partial charge in [0.05, 0.1) is 16.5 Å². The number of amides is 1. The summed E-state index contributed by atoms with van der Waals surface area (Å²) in [5.41, 5.74) is 3.41. The molecule has 0 aliphatic carbocycles. The van der Waals surface area contributed by atoms with E-state index in [4.69, 9.17) is 11.6 Å². The number of sulfone groups is 1. The van der Waals surface area contributed by atoms with Gasteiger partial charge >= 0.3 is 0 Å². The molecule has 5 nitrogen and oxygen atoms in total. The van der Waals surface area contributed by atoms with E-state index in [1.165, 1.54) is 6.26 Å². The lowest BCUT2D eigenvalue weighted by Gasteiger charge is -2.09. The highest BCUT2D eigenvalue weighted by Crippen LogP contribution is 2.29. The monoisotopic (exact) mass is 414 g/mol. The molecule has 0 aliphatic rings. The topological polar surface area (TPSA) is 76.1 Å². The molecular weight excluding hydrogens is 396 g/mol. The molecule has 1 amide bonds. The number of aromatic nitrogens is 1.